The lowest BCUT2D eigenvalue weighted by Crippen LogP contribution is -2.42. The Hall–Kier alpha value is -1.65. The van der Waals surface area contributed by atoms with Crippen molar-refractivity contribution in [1.82, 2.24) is 0 Å². The molecule has 0 saturated carbocycles. The zero-order chi connectivity index (χ0) is 14.9. The van der Waals surface area contributed by atoms with Gasteiger partial charge in [-0.15, -0.1) is 0 Å². The van der Waals surface area contributed by atoms with E-state index in [0.29, 0.717) is 0 Å². The zero-order valence-corrected chi connectivity index (χ0v) is 11.5. The Balaban J connectivity index is 5.12. The summed E-state index contributed by atoms with van der Waals surface area (Å²) in [5.74, 6) is -6.34. The molecule has 0 saturated heterocycles. The molecule has 0 fully saturated rings. The highest BCUT2D eigenvalue weighted by Gasteiger charge is 2.40. The Labute approximate surface area is 106 Å². The molecule has 0 aliphatic heterocycles. The topological polar surface area (TPSA) is 85.3 Å². The molecule has 0 aromatic rings. The molecule has 0 radical (unpaired) electrons. The molecule has 0 unspecified atom stereocenters. The third-order valence-electron chi connectivity index (χ3n) is 2.19. The third-order valence-corrected chi connectivity index (χ3v) is 2.19. The summed E-state index contributed by atoms with van der Waals surface area (Å²) >= 11 is 0. The van der Waals surface area contributed by atoms with E-state index >= 15 is 0 Å². The van der Waals surface area contributed by atoms with Gasteiger partial charge in [-0.3, -0.25) is 24.0 Å². The van der Waals surface area contributed by atoms with E-state index in [-0.39, 0.29) is 0 Å². The maximum atomic E-state index is 11.5. The van der Waals surface area contributed by atoms with Gasteiger partial charge in [-0.1, -0.05) is 41.5 Å². The summed E-state index contributed by atoms with van der Waals surface area (Å²) in [6.07, 6.45) is 0. The van der Waals surface area contributed by atoms with Gasteiger partial charge in [0.2, 0.25) is 11.6 Å². The molecule has 0 atom stereocenters. The molecule has 0 N–H and O–H groups in total. The minimum absolute atomic E-state index is 0.970. The summed E-state index contributed by atoms with van der Waals surface area (Å²) in [6.45, 7) is 8.73. The minimum atomic E-state index is -1.55. The maximum Gasteiger partial charge on any atom is 0.280 e. The monoisotopic (exact) mass is 254 g/mol. The smallest absolute Gasteiger partial charge is 0.280 e. The highest BCUT2D eigenvalue weighted by Crippen LogP contribution is 2.17. The summed E-state index contributed by atoms with van der Waals surface area (Å²) in [4.78, 5) is 57.6. The number of carbonyl (C=O) groups excluding carboxylic acids is 5. The first kappa shape index (κ1) is 16.4. The van der Waals surface area contributed by atoms with Crippen LogP contribution in [-0.4, -0.2) is 28.9 Å². The standard InChI is InChI=1S/C13H18O5/c1-12(2,3)10(17)8(15)7(14)9(16)11(18)13(4,5)6/h1-6H3. The van der Waals surface area contributed by atoms with Crippen LogP contribution >= 0.6 is 0 Å². The molecule has 5 nitrogen and oxygen atoms in total. The summed E-state index contributed by atoms with van der Waals surface area (Å²) in [5.41, 5.74) is -2.12. The molecule has 100 valence electrons. The average Bonchev–Trinajstić information content (AvgIpc) is 2.21. The molecule has 0 aromatic carbocycles. The Kier molecular flexibility index (Phi) is 4.47. The van der Waals surface area contributed by atoms with Gasteiger partial charge in [-0.05, 0) is 0 Å². The summed E-state index contributed by atoms with van der Waals surface area (Å²) in [6, 6.07) is 0. The molecular formula is C13H18O5. The second-order valence-electron chi connectivity index (χ2n) is 6.15. The first-order chi connectivity index (χ1) is 7.80. The summed E-state index contributed by atoms with van der Waals surface area (Å²) in [5, 5.41) is 0. The molecule has 0 aliphatic rings. The fourth-order valence-electron chi connectivity index (χ4n) is 0.991. The van der Waals surface area contributed by atoms with Crippen LogP contribution in [-0.2, 0) is 24.0 Å². The SMILES string of the molecule is CC(C)(C)C(=O)C(=O)C(=O)C(=O)C(=O)C(C)(C)C. The highest BCUT2D eigenvalue weighted by molar-refractivity contribution is 6.87. The van der Waals surface area contributed by atoms with Gasteiger partial charge in [0.1, 0.15) is 0 Å². The van der Waals surface area contributed by atoms with Crippen molar-refractivity contribution < 1.29 is 24.0 Å². The molecule has 0 spiro atoms. The van der Waals surface area contributed by atoms with Gasteiger partial charge in [-0.2, -0.15) is 0 Å². The first-order valence-electron chi connectivity index (χ1n) is 5.52. The van der Waals surface area contributed by atoms with E-state index in [2.05, 4.69) is 0 Å². The van der Waals surface area contributed by atoms with Crippen molar-refractivity contribution in [3.05, 3.63) is 0 Å². The highest BCUT2D eigenvalue weighted by atomic mass is 16.2. The van der Waals surface area contributed by atoms with Crippen LogP contribution in [0, 0.1) is 10.8 Å². The second-order valence-corrected chi connectivity index (χ2v) is 6.15. The second kappa shape index (κ2) is 4.92. The number of rotatable bonds is 4. The Bertz CT molecular complexity index is 389. The minimum Gasteiger partial charge on any atom is -0.290 e. The number of hydrogen-bond donors (Lipinski definition) is 0. The fraction of sp³-hybridized carbons (Fsp3) is 0.615. The molecular weight excluding hydrogens is 236 g/mol. The number of carbonyl (C=O) groups is 5. The van der Waals surface area contributed by atoms with Crippen molar-refractivity contribution in [2.75, 3.05) is 0 Å². The van der Waals surface area contributed by atoms with E-state index in [0.717, 1.165) is 0 Å². The van der Waals surface area contributed by atoms with E-state index in [1.54, 1.807) is 0 Å². The molecule has 5 heteroatoms. The van der Waals surface area contributed by atoms with Gasteiger partial charge in [-0.25, -0.2) is 0 Å². The van der Waals surface area contributed by atoms with Gasteiger partial charge in [0.25, 0.3) is 17.3 Å². The van der Waals surface area contributed by atoms with Crippen molar-refractivity contribution in [1.29, 1.82) is 0 Å². The van der Waals surface area contributed by atoms with Gasteiger partial charge in [0.05, 0.1) is 0 Å². The van der Waals surface area contributed by atoms with Crippen LogP contribution in [0.5, 0.6) is 0 Å². The molecule has 0 rings (SSSR count). The van der Waals surface area contributed by atoms with Crippen LogP contribution in [0.25, 0.3) is 0 Å². The Morgan fingerprint density at radius 1 is 0.500 bits per heavy atom. The van der Waals surface area contributed by atoms with Crippen molar-refractivity contribution in [3.8, 4) is 0 Å². The van der Waals surface area contributed by atoms with Gasteiger partial charge in [0, 0.05) is 10.8 Å². The van der Waals surface area contributed by atoms with E-state index in [1.807, 2.05) is 0 Å². The molecule has 18 heavy (non-hydrogen) atoms. The lowest BCUT2D eigenvalue weighted by molar-refractivity contribution is -0.153. The van der Waals surface area contributed by atoms with Crippen molar-refractivity contribution in [3.63, 3.8) is 0 Å². The van der Waals surface area contributed by atoms with Crippen LogP contribution in [0.4, 0.5) is 0 Å². The molecule has 0 heterocycles. The number of ketones is 5. The fourth-order valence-corrected chi connectivity index (χ4v) is 0.991. The Morgan fingerprint density at radius 3 is 0.889 bits per heavy atom. The maximum absolute atomic E-state index is 11.5. The normalized spacial score (nSPS) is 11.9. The molecule has 0 aromatic heterocycles. The average molecular weight is 254 g/mol. The quantitative estimate of drug-likeness (QED) is 0.550. The number of Topliss-reactive ketones (excluding diaryl/α,β-unsaturated/α-hetero) is 5. The largest absolute Gasteiger partial charge is 0.290 e. The van der Waals surface area contributed by atoms with E-state index in [4.69, 9.17) is 0 Å². The predicted octanol–water partition coefficient (Wildman–Crippen LogP) is 0.924. The summed E-state index contributed by atoms with van der Waals surface area (Å²) in [7, 11) is 0. The molecule has 0 aliphatic carbocycles. The number of hydrogen-bond acceptors (Lipinski definition) is 5. The predicted molar refractivity (Wildman–Crippen MR) is 63.9 cm³/mol. The van der Waals surface area contributed by atoms with Crippen molar-refractivity contribution in [2.45, 2.75) is 41.5 Å². The van der Waals surface area contributed by atoms with E-state index in [1.165, 1.54) is 41.5 Å². The Morgan fingerprint density at radius 2 is 0.722 bits per heavy atom. The van der Waals surface area contributed by atoms with Crippen molar-refractivity contribution >= 4 is 28.9 Å². The van der Waals surface area contributed by atoms with Crippen LogP contribution in [0.3, 0.4) is 0 Å². The van der Waals surface area contributed by atoms with Crippen molar-refractivity contribution in [2.24, 2.45) is 10.8 Å². The lowest BCUT2D eigenvalue weighted by Gasteiger charge is -2.16. The zero-order valence-electron chi connectivity index (χ0n) is 11.5. The molecule has 0 amide bonds. The third kappa shape index (κ3) is 3.68. The van der Waals surface area contributed by atoms with E-state index in [9.17, 15) is 24.0 Å². The van der Waals surface area contributed by atoms with Crippen LogP contribution in [0.2, 0.25) is 0 Å². The van der Waals surface area contributed by atoms with Crippen LogP contribution in [0.15, 0.2) is 0 Å². The van der Waals surface area contributed by atoms with Gasteiger partial charge in [0.15, 0.2) is 0 Å². The van der Waals surface area contributed by atoms with Gasteiger partial charge >= 0.3 is 0 Å². The molecule has 0 bridgehead atoms. The van der Waals surface area contributed by atoms with Gasteiger partial charge < -0.3 is 0 Å². The summed E-state index contributed by atoms with van der Waals surface area (Å²) < 4.78 is 0. The van der Waals surface area contributed by atoms with Crippen LogP contribution < -0.4 is 0 Å². The van der Waals surface area contributed by atoms with Crippen LogP contribution in [0.1, 0.15) is 41.5 Å². The first-order valence-corrected chi connectivity index (χ1v) is 5.52. The van der Waals surface area contributed by atoms with E-state index < -0.39 is 39.7 Å². The lowest BCUT2D eigenvalue weighted by atomic mass is 9.83.